The number of nitrogens with zero attached hydrogens (tertiary/aromatic N) is 1. The van der Waals surface area contributed by atoms with E-state index in [1.807, 2.05) is 0 Å². The first-order valence-electron chi connectivity index (χ1n) is 5.31. The Labute approximate surface area is 102 Å². The molecule has 0 N–H and O–H groups in total. The molecule has 17 heavy (non-hydrogen) atoms. The van der Waals surface area contributed by atoms with Crippen LogP contribution in [0.5, 0.6) is 0 Å². The summed E-state index contributed by atoms with van der Waals surface area (Å²) < 4.78 is 22.5. The molecule has 0 saturated heterocycles. The third kappa shape index (κ3) is 4.19. The molecular formula is C12H17NO3S. The number of hydrogen-bond acceptors (Lipinski definition) is 3. The number of amides is 1. The Morgan fingerprint density at radius 2 is 1.76 bits per heavy atom. The van der Waals surface area contributed by atoms with Crippen molar-refractivity contribution in [3.63, 3.8) is 0 Å². The number of sulfone groups is 1. The quantitative estimate of drug-likeness (QED) is 0.810. The second-order valence-electron chi connectivity index (χ2n) is 4.11. The van der Waals surface area contributed by atoms with Gasteiger partial charge in [0.2, 0.25) is 5.91 Å². The van der Waals surface area contributed by atoms with Crippen molar-refractivity contribution in [3.05, 3.63) is 29.8 Å². The lowest BCUT2D eigenvalue weighted by Gasteiger charge is -2.14. The average Bonchev–Trinajstić information content (AvgIpc) is 2.25. The highest BCUT2D eigenvalue weighted by molar-refractivity contribution is 7.90. The lowest BCUT2D eigenvalue weighted by atomic mass is 10.1. The van der Waals surface area contributed by atoms with E-state index in [2.05, 4.69) is 0 Å². The van der Waals surface area contributed by atoms with Crippen LogP contribution in [0.1, 0.15) is 12.5 Å². The minimum Gasteiger partial charge on any atom is -0.346 e. The number of carbonyl (C=O) groups is 1. The van der Waals surface area contributed by atoms with Gasteiger partial charge < -0.3 is 4.90 Å². The van der Waals surface area contributed by atoms with Crippen LogP contribution in [0, 0.1) is 0 Å². The van der Waals surface area contributed by atoms with Gasteiger partial charge >= 0.3 is 0 Å². The molecule has 0 aliphatic carbocycles. The summed E-state index contributed by atoms with van der Waals surface area (Å²) in [6.45, 7) is 2.15. The second kappa shape index (κ2) is 5.31. The van der Waals surface area contributed by atoms with Gasteiger partial charge in [0.05, 0.1) is 4.90 Å². The lowest BCUT2D eigenvalue weighted by molar-refractivity contribution is -0.127. The SMILES string of the molecule is CC(=O)N(C)CCc1ccc(S(C)(=O)=O)cc1. The minimum absolute atomic E-state index is 0.0257. The fourth-order valence-electron chi connectivity index (χ4n) is 1.36. The lowest BCUT2D eigenvalue weighted by Crippen LogP contribution is -2.26. The number of carbonyl (C=O) groups excluding carboxylic acids is 1. The fourth-order valence-corrected chi connectivity index (χ4v) is 1.99. The molecule has 0 aliphatic rings. The predicted octanol–water partition coefficient (Wildman–Crippen LogP) is 1.11. The molecule has 4 nitrogen and oxygen atoms in total. The van der Waals surface area contributed by atoms with Gasteiger partial charge in [0, 0.05) is 26.8 Å². The molecule has 1 rings (SSSR count). The molecule has 1 aromatic rings. The average molecular weight is 255 g/mol. The van der Waals surface area contributed by atoms with Crippen molar-refractivity contribution in [1.29, 1.82) is 0 Å². The van der Waals surface area contributed by atoms with Crippen LogP contribution in [0.3, 0.4) is 0 Å². The molecule has 1 aromatic carbocycles. The van der Waals surface area contributed by atoms with E-state index in [1.54, 1.807) is 36.2 Å². The fraction of sp³-hybridized carbons (Fsp3) is 0.417. The Bertz CT molecular complexity index is 491. The molecule has 5 heteroatoms. The van der Waals surface area contributed by atoms with Gasteiger partial charge in [-0.15, -0.1) is 0 Å². The van der Waals surface area contributed by atoms with E-state index in [4.69, 9.17) is 0 Å². The zero-order valence-electron chi connectivity index (χ0n) is 10.3. The highest BCUT2D eigenvalue weighted by Crippen LogP contribution is 2.10. The van der Waals surface area contributed by atoms with Gasteiger partial charge in [-0.05, 0) is 24.1 Å². The number of hydrogen-bond donors (Lipinski definition) is 0. The van der Waals surface area contributed by atoms with Gasteiger partial charge in [0.25, 0.3) is 0 Å². The summed E-state index contributed by atoms with van der Waals surface area (Å²) in [5.74, 6) is 0.0257. The van der Waals surface area contributed by atoms with Crippen molar-refractivity contribution in [2.24, 2.45) is 0 Å². The number of likely N-dealkylation sites (N-methyl/N-ethyl adjacent to an activating group) is 1. The molecule has 0 unspecified atom stereocenters. The second-order valence-corrected chi connectivity index (χ2v) is 6.12. The normalized spacial score (nSPS) is 11.2. The van der Waals surface area contributed by atoms with E-state index in [-0.39, 0.29) is 5.91 Å². The van der Waals surface area contributed by atoms with Crippen LogP contribution in [0.2, 0.25) is 0 Å². The molecule has 0 heterocycles. The van der Waals surface area contributed by atoms with Crippen LogP contribution in [-0.2, 0) is 21.1 Å². The van der Waals surface area contributed by atoms with E-state index in [0.29, 0.717) is 11.4 Å². The van der Waals surface area contributed by atoms with E-state index < -0.39 is 9.84 Å². The van der Waals surface area contributed by atoms with Crippen molar-refractivity contribution in [3.8, 4) is 0 Å². The van der Waals surface area contributed by atoms with Crippen molar-refractivity contribution in [2.45, 2.75) is 18.2 Å². The van der Waals surface area contributed by atoms with Gasteiger partial charge in [0.15, 0.2) is 9.84 Å². The summed E-state index contributed by atoms with van der Waals surface area (Å²) in [7, 11) is -1.39. The zero-order valence-corrected chi connectivity index (χ0v) is 11.1. The van der Waals surface area contributed by atoms with E-state index in [1.165, 1.54) is 13.2 Å². The van der Waals surface area contributed by atoms with Gasteiger partial charge in [-0.3, -0.25) is 4.79 Å². The molecule has 94 valence electrons. The molecule has 0 radical (unpaired) electrons. The first-order valence-corrected chi connectivity index (χ1v) is 7.20. The molecule has 0 aliphatic heterocycles. The summed E-state index contributed by atoms with van der Waals surface area (Å²) in [6, 6.07) is 6.76. The summed E-state index contributed by atoms with van der Waals surface area (Å²) >= 11 is 0. The van der Waals surface area contributed by atoms with Crippen LogP contribution in [0.25, 0.3) is 0 Å². The van der Waals surface area contributed by atoms with Crippen molar-refractivity contribution in [2.75, 3.05) is 19.8 Å². The smallest absolute Gasteiger partial charge is 0.219 e. The highest BCUT2D eigenvalue weighted by Gasteiger charge is 2.07. The van der Waals surface area contributed by atoms with Gasteiger partial charge in [-0.25, -0.2) is 8.42 Å². The van der Waals surface area contributed by atoms with Gasteiger partial charge in [-0.1, -0.05) is 12.1 Å². The van der Waals surface area contributed by atoms with Crippen LogP contribution in [-0.4, -0.2) is 39.1 Å². The summed E-state index contributed by atoms with van der Waals surface area (Å²) in [6.07, 6.45) is 1.91. The van der Waals surface area contributed by atoms with E-state index in [0.717, 1.165) is 12.0 Å². The minimum atomic E-state index is -3.13. The Hall–Kier alpha value is -1.36. The van der Waals surface area contributed by atoms with E-state index in [9.17, 15) is 13.2 Å². The third-order valence-corrected chi connectivity index (χ3v) is 3.75. The largest absolute Gasteiger partial charge is 0.346 e. The molecule has 0 aromatic heterocycles. The molecule has 1 amide bonds. The van der Waals surface area contributed by atoms with E-state index >= 15 is 0 Å². The van der Waals surface area contributed by atoms with Crippen molar-refractivity contribution in [1.82, 2.24) is 4.90 Å². The molecule has 0 bridgehead atoms. The van der Waals surface area contributed by atoms with Gasteiger partial charge in [-0.2, -0.15) is 0 Å². The monoisotopic (exact) mass is 255 g/mol. The van der Waals surface area contributed by atoms with Crippen LogP contribution in [0.15, 0.2) is 29.2 Å². The van der Waals surface area contributed by atoms with Crippen molar-refractivity contribution >= 4 is 15.7 Å². The molecule has 0 saturated carbocycles. The topological polar surface area (TPSA) is 54.5 Å². The molecule has 0 fully saturated rings. The maximum Gasteiger partial charge on any atom is 0.219 e. The maximum atomic E-state index is 11.2. The van der Waals surface area contributed by atoms with Crippen molar-refractivity contribution < 1.29 is 13.2 Å². The third-order valence-electron chi connectivity index (χ3n) is 2.62. The first kappa shape index (κ1) is 13.7. The summed E-state index contributed by atoms with van der Waals surface area (Å²) in [5.41, 5.74) is 1.02. The Morgan fingerprint density at radius 3 is 2.18 bits per heavy atom. The molecule has 0 spiro atoms. The summed E-state index contributed by atoms with van der Waals surface area (Å²) in [5, 5.41) is 0. The molecular weight excluding hydrogens is 238 g/mol. The Balaban J connectivity index is 2.67. The Kier molecular flexibility index (Phi) is 4.28. The zero-order chi connectivity index (χ0) is 13.1. The van der Waals surface area contributed by atoms with Gasteiger partial charge in [0.1, 0.15) is 0 Å². The standard InChI is InChI=1S/C12H17NO3S/c1-10(14)13(2)9-8-11-4-6-12(7-5-11)17(3,15)16/h4-7H,8-9H2,1-3H3. The number of benzene rings is 1. The van der Waals surface area contributed by atoms with Crippen LogP contribution in [0.4, 0.5) is 0 Å². The highest BCUT2D eigenvalue weighted by atomic mass is 32.2. The predicted molar refractivity (Wildman–Crippen MR) is 66.6 cm³/mol. The number of rotatable bonds is 4. The summed E-state index contributed by atoms with van der Waals surface area (Å²) in [4.78, 5) is 12.9. The first-order chi connectivity index (χ1) is 7.80. The Morgan fingerprint density at radius 1 is 1.24 bits per heavy atom. The molecule has 0 atom stereocenters. The van der Waals surface area contributed by atoms with Crippen LogP contribution >= 0.6 is 0 Å². The maximum absolute atomic E-state index is 11.2. The van der Waals surface area contributed by atoms with Crippen LogP contribution < -0.4 is 0 Å².